The summed E-state index contributed by atoms with van der Waals surface area (Å²) in [5.41, 5.74) is 2.40. The number of morpholine rings is 1. The van der Waals surface area contributed by atoms with Crippen LogP contribution < -0.4 is 4.90 Å². The van der Waals surface area contributed by atoms with Gasteiger partial charge in [0.2, 0.25) is 5.95 Å². The molecule has 13 heteroatoms. The van der Waals surface area contributed by atoms with Gasteiger partial charge in [0.25, 0.3) is 5.91 Å². The van der Waals surface area contributed by atoms with Gasteiger partial charge in [0.15, 0.2) is 0 Å². The van der Waals surface area contributed by atoms with Gasteiger partial charge in [0.05, 0.1) is 19.8 Å². The summed E-state index contributed by atoms with van der Waals surface area (Å²) in [5.74, 6) is -2.15. The van der Waals surface area contributed by atoms with Crippen molar-refractivity contribution in [3.05, 3.63) is 30.4 Å². The molecule has 1 amide bonds. The number of aromatic nitrogens is 3. The highest BCUT2D eigenvalue weighted by molar-refractivity contribution is 5.93. The minimum atomic E-state index is -5.08. The van der Waals surface area contributed by atoms with E-state index in [1.165, 1.54) is 5.06 Å². The van der Waals surface area contributed by atoms with Crippen LogP contribution in [0.15, 0.2) is 24.7 Å². The monoisotopic (exact) mass is 471 g/mol. The number of hydrogen-bond donors (Lipinski definition) is 1. The molecule has 2 saturated heterocycles. The molecule has 10 nitrogen and oxygen atoms in total. The molecule has 0 bridgehead atoms. The molecule has 0 aliphatic carbocycles. The van der Waals surface area contributed by atoms with Gasteiger partial charge in [0, 0.05) is 56.4 Å². The van der Waals surface area contributed by atoms with Gasteiger partial charge in [-0.2, -0.15) is 13.2 Å². The van der Waals surface area contributed by atoms with E-state index in [0.717, 1.165) is 37.1 Å². The predicted molar refractivity (Wildman–Crippen MR) is 109 cm³/mol. The molecule has 2 aliphatic rings. The Hall–Kier alpha value is -3.19. The summed E-state index contributed by atoms with van der Waals surface area (Å²) in [4.78, 5) is 38.1. The number of carbonyl (C=O) groups excluding carboxylic acids is 1. The predicted octanol–water partition coefficient (Wildman–Crippen LogP) is 2.12. The number of carboxylic acids is 1. The molecule has 0 atom stereocenters. The van der Waals surface area contributed by atoms with Crippen molar-refractivity contribution in [2.24, 2.45) is 7.05 Å². The average Bonchev–Trinajstić information content (AvgIpc) is 3.21. The normalized spacial score (nSPS) is 16.7. The molecule has 2 aliphatic heterocycles. The molecule has 180 valence electrons. The number of aryl methyl sites for hydroxylation is 1. The molecular formula is C20H24F3N5O5. The van der Waals surface area contributed by atoms with Crippen LogP contribution in [0.3, 0.4) is 0 Å². The SMILES string of the molecule is Cn1cc(-c2cnc(N3CCOCC3)nc2)cc1C(=O)N1CCCCO1.O=C(O)C(F)(F)F. The first kappa shape index (κ1) is 24.5. The van der Waals surface area contributed by atoms with E-state index < -0.39 is 12.1 Å². The lowest BCUT2D eigenvalue weighted by atomic mass is 10.2. The van der Waals surface area contributed by atoms with E-state index in [0.29, 0.717) is 38.0 Å². The van der Waals surface area contributed by atoms with Gasteiger partial charge in [-0.1, -0.05) is 0 Å². The maximum absolute atomic E-state index is 12.7. The largest absolute Gasteiger partial charge is 0.490 e. The molecule has 0 unspecified atom stereocenters. The first-order valence-electron chi connectivity index (χ1n) is 10.2. The minimum absolute atomic E-state index is 0.107. The number of ether oxygens (including phenoxy) is 1. The molecule has 2 aromatic rings. The van der Waals surface area contributed by atoms with Crippen LogP contribution in [0.2, 0.25) is 0 Å². The summed E-state index contributed by atoms with van der Waals surface area (Å²) in [5, 5.41) is 8.58. The molecule has 2 aromatic heterocycles. The zero-order chi connectivity index (χ0) is 24.0. The summed E-state index contributed by atoms with van der Waals surface area (Å²) in [7, 11) is 1.86. The average molecular weight is 471 g/mol. The Labute approximate surface area is 187 Å². The number of hydroxylamine groups is 2. The second-order valence-corrected chi connectivity index (χ2v) is 7.35. The van der Waals surface area contributed by atoms with E-state index in [2.05, 4.69) is 14.9 Å². The molecule has 4 rings (SSSR count). The third-order valence-electron chi connectivity index (χ3n) is 4.96. The van der Waals surface area contributed by atoms with Crippen molar-refractivity contribution in [1.29, 1.82) is 0 Å². The Morgan fingerprint density at radius 2 is 1.67 bits per heavy atom. The number of halogens is 3. The van der Waals surface area contributed by atoms with Gasteiger partial charge in [-0.15, -0.1) is 0 Å². The van der Waals surface area contributed by atoms with Crippen LogP contribution in [-0.2, 0) is 21.4 Å². The summed E-state index contributed by atoms with van der Waals surface area (Å²) in [6, 6.07) is 1.87. The van der Waals surface area contributed by atoms with Crippen LogP contribution in [0.25, 0.3) is 11.1 Å². The Balaban J connectivity index is 0.000000383. The van der Waals surface area contributed by atoms with Crippen LogP contribution in [0, 0.1) is 0 Å². The fourth-order valence-electron chi connectivity index (χ4n) is 3.22. The molecule has 0 radical (unpaired) electrons. The first-order valence-corrected chi connectivity index (χ1v) is 10.2. The molecule has 0 saturated carbocycles. The van der Waals surface area contributed by atoms with Gasteiger partial charge < -0.3 is 19.3 Å². The minimum Gasteiger partial charge on any atom is -0.475 e. The van der Waals surface area contributed by atoms with Gasteiger partial charge in [-0.25, -0.2) is 19.8 Å². The van der Waals surface area contributed by atoms with E-state index in [-0.39, 0.29) is 5.91 Å². The smallest absolute Gasteiger partial charge is 0.475 e. The lowest BCUT2D eigenvalue weighted by Crippen LogP contribution is -2.37. The number of carbonyl (C=O) groups is 2. The van der Waals surface area contributed by atoms with Gasteiger partial charge in [-0.3, -0.25) is 9.63 Å². The van der Waals surface area contributed by atoms with Crippen LogP contribution in [0.5, 0.6) is 0 Å². The Kier molecular flexibility index (Phi) is 7.87. The van der Waals surface area contributed by atoms with E-state index in [1.54, 1.807) is 12.4 Å². The molecule has 2 fully saturated rings. The van der Waals surface area contributed by atoms with Gasteiger partial charge in [-0.05, 0) is 18.9 Å². The van der Waals surface area contributed by atoms with E-state index in [1.807, 2.05) is 23.9 Å². The van der Waals surface area contributed by atoms with Crippen LogP contribution >= 0.6 is 0 Å². The molecule has 4 heterocycles. The van der Waals surface area contributed by atoms with E-state index >= 15 is 0 Å². The Bertz CT molecular complexity index is 952. The number of alkyl halides is 3. The quantitative estimate of drug-likeness (QED) is 0.725. The van der Waals surface area contributed by atoms with Gasteiger partial charge in [0.1, 0.15) is 5.69 Å². The highest BCUT2D eigenvalue weighted by atomic mass is 19.4. The second-order valence-electron chi connectivity index (χ2n) is 7.35. The van der Waals surface area contributed by atoms with Crippen molar-refractivity contribution in [1.82, 2.24) is 19.6 Å². The highest BCUT2D eigenvalue weighted by Crippen LogP contribution is 2.23. The van der Waals surface area contributed by atoms with E-state index in [9.17, 15) is 18.0 Å². The summed E-state index contributed by atoms with van der Waals surface area (Å²) in [6.45, 7) is 4.25. The Morgan fingerprint density at radius 3 is 2.21 bits per heavy atom. The number of hydrogen-bond acceptors (Lipinski definition) is 7. The zero-order valence-corrected chi connectivity index (χ0v) is 17.9. The summed E-state index contributed by atoms with van der Waals surface area (Å²) < 4.78 is 38.9. The maximum Gasteiger partial charge on any atom is 0.490 e. The van der Waals surface area contributed by atoms with Crippen LogP contribution in [-0.4, -0.2) is 82.2 Å². The molecule has 0 aromatic carbocycles. The number of anilines is 1. The van der Waals surface area contributed by atoms with Crippen LogP contribution in [0.4, 0.5) is 19.1 Å². The fourth-order valence-corrected chi connectivity index (χ4v) is 3.22. The molecule has 33 heavy (non-hydrogen) atoms. The number of amides is 1. The number of rotatable bonds is 3. The summed E-state index contributed by atoms with van der Waals surface area (Å²) in [6.07, 6.45) is 2.41. The lowest BCUT2D eigenvalue weighted by molar-refractivity contribution is -0.192. The topological polar surface area (TPSA) is 110 Å². The van der Waals surface area contributed by atoms with Crippen molar-refractivity contribution in [3.63, 3.8) is 0 Å². The number of carboxylic acid groups (broad SMARTS) is 1. The zero-order valence-electron chi connectivity index (χ0n) is 17.9. The summed E-state index contributed by atoms with van der Waals surface area (Å²) >= 11 is 0. The standard InChI is InChI=1S/C18H23N5O3.C2HF3O2/c1-21-13-14(10-16(21)17(24)23-4-2-3-7-26-23)15-11-19-18(20-12-15)22-5-8-25-9-6-22;3-2(4,5)1(6)7/h10-13H,2-9H2,1H3;(H,6,7). The fraction of sp³-hybridized carbons (Fsp3) is 0.500. The molecule has 1 N–H and O–H groups in total. The van der Waals surface area contributed by atoms with E-state index in [4.69, 9.17) is 19.5 Å². The first-order chi connectivity index (χ1) is 15.7. The lowest BCUT2D eigenvalue weighted by Gasteiger charge is -2.26. The van der Waals surface area contributed by atoms with Crippen molar-refractivity contribution in [2.45, 2.75) is 19.0 Å². The van der Waals surface area contributed by atoms with Crippen LogP contribution in [0.1, 0.15) is 23.3 Å². The van der Waals surface area contributed by atoms with Crippen molar-refractivity contribution < 1.29 is 37.4 Å². The van der Waals surface area contributed by atoms with Crippen molar-refractivity contribution in [3.8, 4) is 11.1 Å². The maximum atomic E-state index is 12.7. The second kappa shape index (κ2) is 10.6. The number of aliphatic carboxylic acids is 1. The van der Waals surface area contributed by atoms with Gasteiger partial charge >= 0.3 is 12.1 Å². The molecular weight excluding hydrogens is 447 g/mol. The van der Waals surface area contributed by atoms with Crippen molar-refractivity contribution >= 4 is 17.8 Å². The number of nitrogens with zero attached hydrogens (tertiary/aromatic N) is 5. The highest BCUT2D eigenvalue weighted by Gasteiger charge is 2.38. The van der Waals surface area contributed by atoms with Crippen molar-refractivity contribution in [2.75, 3.05) is 44.4 Å². The molecule has 0 spiro atoms. The third kappa shape index (κ3) is 6.42. The third-order valence-corrected chi connectivity index (χ3v) is 4.96. The Morgan fingerprint density at radius 1 is 1.03 bits per heavy atom.